The van der Waals surface area contributed by atoms with E-state index in [0.717, 1.165) is 3.71 Å². The molecule has 0 aliphatic carbocycles. The molecule has 0 saturated carbocycles. The molecule has 0 fully saturated rings. The summed E-state index contributed by atoms with van der Waals surface area (Å²) >= 11 is 1.62. The minimum absolute atomic E-state index is 1.06. The van der Waals surface area contributed by atoms with Gasteiger partial charge in [0.2, 0.25) is 0 Å². The number of hydrogen-bond acceptors (Lipinski definition) is 1. The van der Waals surface area contributed by atoms with Crippen molar-refractivity contribution >= 4 is 26.7 Å². The van der Waals surface area contributed by atoms with Gasteiger partial charge in [0.05, 0.1) is 0 Å². The Kier molecular flexibility index (Phi) is 1.43. The normalized spacial score (nSPS) is 9.43. The molecule has 1 nitrogen and oxygen atoms in total. The van der Waals surface area contributed by atoms with Gasteiger partial charge < -0.3 is 0 Å². The molecule has 1 aromatic heterocycles. The van der Waals surface area contributed by atoms with Gasteiger partial charge in [-0.3, -0.25) is 0 Å². The van der Waals surface area contributed by atoms with Gasteiger partial charge in [0, 0.05) is 0 Å². The molecule has 0 aliphatic heterocycles. The maximum atomic E-state index is 4.99. The molecule has 1 rings (SSSR count). The van der Waals surface area contributed by atoms with E-state index in [9.17, 15) is 0 Å². The van der Waals surface area contributed by atoms with Gasteiger partial charge >= 0.3 is 56.0 Å². The Bertz CT molecular complexity index is 140. The fourth-order valence-electron chi connectivity index (χ4n) is 0.365. The Labute approximate surface area is 56.2 Å². The average Bonchev–Trinajstić information content (AvgIpc) is 1.91. The van der Waals surface area contributed by atoms with Crippen LogP contribution in [0.4, 0.5) is 0 Å². The van der Waals surface area contributed by atoms with E-state index in [2.05, 4.69) is 0 Å². The van der Waals surface area contributed by atoms with Crippen molar-refractivity contribution in [3.8, 4) is 0 Å². The molecule has 0 atom stereocenters. The van der Waals surface area contributed by atoms with Gasteiger partial charge in [-0.1, -0.05) is 0 Å². The molecular formula is C5H5OSb. The minimum atomic E-state index is 1.06. The fourth-order valence-corrected chi connectivity index (χ4v) is 0.751. The van der Waals surface area contributed by atoms with Gasteiger partial charge in [0.25, 0.3) is 0 Å². The van der Waals surface area contributed by atoms with E-state index in [4.69, 9.17) is 4.42 Å². The SMILES string of the molecule is Cc1cco[c]1[Sb]. The predicted octanol–water partition coefficient (Wildman–Crippen LogP) is 0.382. The summed E-state index contributed by atoms with van der Waals surface area (Å²) < 4.78 is 6.05. The summed E-state index contributed by atoms with van der Waals surface area (Å²) in [5, 5.41) is 0. The van der Waals surface area contributed by atoms with Crippen LogP contribution in [0.2, 0.25) is 0 Å². The van der Waals surface area contributed by atoms with Crippen molar-refractivity contribution in [3.63, 3.8) is 0 Å². The van der Waals surface area contributed by atoms with E-state index in [1.54, 1.807) is 29.3 Å². The zero-order valence-electron chi connectivity index (χ0n) is 4.01. The fraction of sp³-hybridized carbons (Fsp3) is 0.200. The van der Waals surface area contributed by atoms with Crippen LogP contribution in [0.25, 0.3) is 0 Å². The zero-order chi connectivity index (χ0) is 5.28. The summed E-state index contributed by atoms with van der Waals surface area (Å²) in [5.41, 5.74) is 1.24. The van der Waals surface area contributed by atoms with E-state index in [1.807, 2.05) is 13.0 Å². The molecule has 0 unspecified atom stereocenters. The molecule has 0 saturated heterocycles. The Morgan fingerprint density at radius 3 is 2.57 bits per heavy atom. The van der Waals surface area contributed by atoms with E-state index in [-0.39, 0.29) is 0 Å². The molecule has 0 amide bonds. The molecule has 0 aromatic carbocycles. The Morgan fingerprint density at radius 1 is 1.71 bits per heavy atom. The first-order chi connectivity index (χ1) is 3.30. The van der Waals surface area contributed by atoms with Crippen molar-refractivity contribution in [1.29, 1.82) is 0 Å². The monoisotopic (exact) mass is 202 g/mol. The zero-order valence-corrected chi connectivity index (χ0v) is 6.56. The molecule has 0 aliphatic rings. The third kappa shape index (κ3) is 1.00. The first kappa shape index (κ1) is 5.24. The van der Waals surface area contributed by atoms with Crippen molar-refractivity contribution in [2.45, 2.75) is 6.92 Å². The molecule has 7 heavy (non-hydrogen) atoms. The van der Waals surface area contributed by atoms with Crippen LogP contribution >= 0.6 is 0 Å². The van der Waals surface area contributed by atoms with E-state index >= 15 is 0 Å². The van der Waals surface area contributed by atoms with Gasteiger partial charge in [-0.05, 0) is 0 Å². The van der Waals surface area contributed by atoms with Crippen molar-refractivity contribution in [3.05, 3.63) is 17.9 Å². The second-order valence-electron chi connectivity index (χ2n) is 1.41. The standard InChI is InChI=1S/C5H5O.Sb/c1-5-2-3-6-4-5;/h2-3H,1H3;. The average molecular weight is 203 g/mol. The molecule has 2 heteroatoms. The Hall–Kier alpha value is 0.0982. The van der Waals surface area contributed by atoms with Crippen LogP contribution in [-0.4, -0.2) is 23.0 Å². The van der Waals surface area contributed by atoms with Crippen LogP contribution in [0.3, 0.4) is 0 Å². The third-order valence-electron chi connectivity index (χ3n) is 0.835. The van der Waals surface area contributed by atoms with Crippen LogP contribution in [-0.2, 0) is 0 Å². The van der Waals surface area contributed by atoms with Crippen LogP contribution in [0.5, 0.6) is 0 Å². The number of rotatable bonds is 0. The molecule has 0 bridgehead atoms. The van der Waals surface area contributed by atoms with E-state index < -0.39 is 0 Å². The van der Waals surface area contributed by atoms with Crippen LogP contribution in [0.15, 0.2) is 16.7 Å². The van der Waals surface area contributed by atoms with Gasteiger partial charge in [0.15, 0.2) is 0 Å². The van der Waals surface area contributed by atoms with Crippen molar-refractivity contribution in [2.24, 2.45) is 0 Å². The summed E-state index contributed by atoms with van der Waals surface area (Å²) in [4.78, 5) is 0. The van der Waals surface area contributed by atoms with Crippen LogP contribution in [0.1, 0.15) is 5.56 Å². The molecule has 1 aromatic rings. The van der Waals surface area contributed by atoms with Crippen molar-refractivity contribution in [1.82, 2.24) is 0 Å². The van der Waals surface area contributed by atoms with E-state index in [0.29, 0.717) is 0 Å². The Morgan fingerprint density at radius 2 is 2.43 bits per heavy atom. The Balaban J connectivity index is 3.12. The summed E-state index contributed by atoms with van der Waals surface area (Å²) in [5.74, 6) is 0. The third-order valence-corrected chi connectivity index (χ3v) is 2.14. The second-order valence-corrected chi connectivity index (χ2v) is 2.57. The summed E-state index contributed by atoms with van der Waals surface area (Å²) in [6.45, 7) is 2.04. The summed E-state index contributed by atoms with van der Waals surface area (Å²) in [7, 11) is 0. The van der Waals surface area contributed by atoms with Crippen molar-refractivity contribution in [2.75, 3.05) is 0 Å². The first-order valence-corrected chi connectivity index (χ1v) is 3.31. The quantitative estimate of drug-likeness (QED) is 0.555. The molecule has 0 N–H and O–H groups in total. The molecule has 1 heterocycles. The topological polar surface area (TPSA) is 13.1 Å². The van der Waals surface area contributed by atoms with Gasteiger partial charge in [-0.15, -0.1) is 0 Å². The van der Waals surface area contributed by atoms with Gasteiger partial charge in [-0.25, -0.2) is 0 Å². The second kappa shape index (κ2) is 1.91. The number of hydrogen-bond donors (Lipinski definition) is 0. The number of furan rings is 1. The summed E-state index contributed by atoms with van der Waals surface area (Å²) in [6, 6.07) is 1.97. The van der Waals surface area contributed by atoms with Gasteiger partial charge in [-0.2, -0.15) is 0 Å². The van der Waals surface area contributed by atoms with Crippen LogP contribution in [0, 0.1) is 6.92 Å². The maximum absolute atomic E-state index is 4.99. The van der Waals surface area contributed by atoms with Gasteiger partial charge in [0.1, 0.15) is 0 Å². The molecule has 2 radical (unpaired) electrons. The van der Waals surface area contributed by atoms with E-state index in [1.165, 1.54) is 5.56 Å². The molecule has 0 spiro atoms. The molecule has 36 valence electrons. The number of aryl methyl sites for hydroxylation is 1. The van der Waals surface area contributed by atoms with Crippen molar-refractivity contribution < 1.29 is 4.42 Å². The summed E-state index contributed by atoms with van der Waals surface area (Å²) in [6.07, 6.45) is 1.71. The predicted molar refractivity (Wildman–Crippen MR) is 28.8 cm³/mol. The molecular weight excluding hydrogens is 198 g/mol. The first-order valence-electron chi connectivity index (χ1n) is 2.04. The van der Waals surface area contributed by atoms with Crippen LogP contribution < -0.4 is 3.71 Å².